The Kier molecular flexibility index (Phi) is 3.61. The molecule has 1 N–H and O–H groups in total. The van der Waals surface area contributed by atoms with Gasteiger partial charge in [-0.25, -0.2) is 0 Å². The van der Waals surface area contributed by atoms with Gasteiger partial charge in [0.15, 0.2) is 11.5 Å². The molecular weight excluding hydrogens is 312 g/mol. The number of hydrogen-bond donors (Lipinski definition) is 1. The summed E-state index contributed by atoms with van der Waals surface area (Å²) in [5, 5.41) is 9.29. The molecule has 2 rings (SSSR count). The van der Waals surface area contributed by atoms with Crippen LogP contribution in [0.3, 0.4) is 0 Å². The average Bonchev–Trinajstić information content (AvgIpc) is 2.55. The topological polar surface area (TPSA) is 66.7 Å². The number of hydrogen-bond acceptors (Lipinski definition) is 4. The highest BCUT2D eigenvalue weighted by molar-refractivity contribution is 6.39. The van der Waals surface area contributed by atoms with Gasteiger partial charge in [0, 0.05) is 5.92 Å². The standard InChI is InChI=1S/C9H7Cl4NO3/c10-3-1-2(4(11)6(13)5(3)12)9(16)7(14-17)8(1)15/h1-6,15H. The number of rotatable bonds is 1. The van der Waals surface area contributed by atoms with Crippen LogP contribution >= 0.6 is 46.4 Å². The van der Waals surface area contributed by atoms with Gasteiger partial charge in [0.25, 0.3) is 0 Å². The smallest absolute Gasteiger partial charge is 0.193 e. The van der Waals surface area contributed by atoms with Crippen LogP contribution in [0.25, 0.3) is 0 Å². The number of allylic oxidation sites excluding steroid dienone is 2. The van der Waals surface area contributed by atoms with Crippen molar-refractivity contribution in [2.75, 3.05) is 0 Å². The third-order valence-electron chi connectivity index (χ3n) is 3.17. The summed E-state index contributed by atoms with van der Waals surface area (Å²) >= 11 is 24.0. The Bertz CT molecular complexity index is 413. The number of aliphatic hydroxyl groups excluding tert-OH is 1. The lowest BCUT2D eigenvalue weighted by Gasteiger charge is -2.39. The van der Waals surface area contributed by atoms with E-state index in [4.69, 9.17) is 46.4 Å². The molecule has 0 heterocycles. The zero-order chi connectivity index (χ0) is 12.9. The Morgan fingerprint density at radius 2 is 1.41 bits per heavy atom. The van der Waals surface area contributed by atoms with Crippen molar-refractivity contribution in [3.63, 3.8) is 0 Å². The van der Waals surface area contributed by atoms with Gasteiger partial charge in [-0.05, 0) is 5.18 Å². The summed E-state index contributed by atoms with van der Waals surface area (Å²) in [7, 11) is 0. The van der Waals surface area contributed by atoms with Gasteiger partial charge in [-0.1, -0.05) is 0 Å². The molecule has 0 amide bonds. The maximum absolute atomic E-state index is 11.8. The van der Waals surface area contributed by atoms with E-state index in [9.17, 15) is 14.8 Å². The molecule has 0 aromatic carbocycles. The van der Waals surface area contributed by atoms with Gasteiger partial charge in [0.2, 0.25) is 0 Å². The van der Waals surface area contributed by atoms with Gasteiger partial charge >= 0.3 is 0 Å². The molecule has 0 bridgehead atoms. The van der Waals surface area contributed by atoms with Gasteiger partial charge in [-0.15, -0.1) is 51.3 Å². The predicted molar refractivity (Wildman–Crippen MR) is 66.0 cm³/mol. The molecule has 2 aliphatic rings. The molecule has 4 nitrogen and oxygen atoms in total. The molecule has 0 aromatic rings. The number of alkyl halides is 4. The van der Waals surface area contributed by atoms with E-state index in [1.54, 1.807) is 0 Å². The van der Waals surface area contributed by atoms with Crippen LogP contribution in [0.1, 0.15) is 0 Å². The number of aliphatic hydroxyl groups is 1. The van der Waals surface area contributed by atoms with E-state index in [2.05, 4.69) is 5.18 Å². The van der Waals surface area contributed by atoms with E-state index >= 15 is 0 Å². The molecule has 2 aliphatic carbocycles. The van der Waals surface area contributed by atoms with Gasteiger partial charge in [-0.2, -0.15) is 0 Å². The summed E-state index contributed by atoms with van der Waals surface area (Å²) in [5.41, 5.74) is -0.522. The predicted octanol–water partition coefficient (Wildman–Crippen LogP) is 2.78. The first-order valence-electron chi connectivity index (χ1n) is 4.78. The summed E-state index contributed by atoms with van der Waals surface area (Å²) in [5.74, 6) is -2.70. The molecule has 1 fully saturated rings. The summed E-state index contributed by atoms with van der Waals surface area (Å²) in [6.07, 6.45) is 0. The number of carbonyl (C=O) groups excluding carboxylic acids is 1. The van der Waals surface area contributed by atoms with Gasteiger partial charge in [0.1, 0.15) is 5.76 Å². The van der Waals surface area contributed by atoms with Crippen LogP contribution in [0.4, 0.5) is 0 Å². The monoisotopic (exact) mass is 317 g/mol. The first-order chi connectivity index (χ1) is 7.91. The van der Waals surface area contributed by atoms with Crippen LogP contribution in [-0.4, -0.2) is 32.4 Å². The lowest BCUT2D eigenvalue weighted by molar-refractivity contribution is -0.119. The number of nitroso groups, excluding NO2 is 1. The van der Waals surface area contributed by atoms with Crippen molar-refractivity contribution in [3.8, 4) is 0 Å². The molecule has 0 spiro atoms. The molecule has 0 saturated heterocycles. The minimum absolute atomic E-state index is 0.435. The summed E-state index contributed by atoms with van der Waals surface area (Å²) in [4.78, 5) is 22.3. The lowest BCUT2D eigenvalue weighted by atomic mass is 9.79. The zero-order valence-corrected chi connectivity index (χ0v) is 11.2. The molecule has 0 aliphatic heterocycles. The first kappa shape index (κ1) is 13.4. The summed E-state index contributed by atoms with van der Waals surface area (Å²) in [6.45, 7) is 0. The Morgan fingerprint density at radius 1 is 0.941 bits per heavy atom. The highest BCUT2D eigenvalue weighted by Gasteiger charge is 2.58. The fourth-order valence-corrected chi connectivity index (χ4v) is 3.94. The Labute approximate surface area is 117 Å². The van der Waals surface area contributed by atoms with E-state index in [0.717, 1.165) is 0 Å². The fraction of sp³-hybridized carbons (Fsp3) is 0.667. The minimum Gasteiger partial charge on any atom is -0.509 e. The SMILES string of the molecule is O=NC1=C(O)C2C(Cl)C(Cl)C(Cl)C(Cl)C2C1=O. The van der Waals surface area contributed by atoms with Crippen LogP contribution in [0.5, 0.6) is 0 Å². The van der Waals surface area contributed by atoms with Crippen molar-refractivity contribution >= 4 is 52.2 Å². The van der Waals surface area contributed by atoms with Crippen LogP contribution < -0.4 is 0 Å². The average molecular weight is 319 g/mol. The number of halogens is 4. The van der Waals surface area contributed by atoms with Crippen molar-refractivity contribution in [1.29, 1.82) is 0 Å². The van der Waals surface area contributed by atoms with Crippen LogP contribution in [0.2, 0.25) is 0 Å². The molecule has 94 valence electrons. The van der Waals surface area contributed by atoms with Crippen molar-refractivity contribution in [2.45, 2.75) is 21.5 Å². The maximum atomic E-state index is 11.8. The van der Waals surface area contributed by atoms with E-state index in [-0.39, 0.29) is 0 Å². The fourth-order valence-electron chi connectivity index (χ4n) is 2.31. The molecule has 0 radical (unpaired) electrons. The maximum Gasteiger partial charge on any atom is 0.193 e. The molecule has 8 heteroatoms. The quantitative estimate of drug-likeness (QED) is 0.597. The zero-order valence-electron chi connectivity index (χ0n) is 8.19. The van der Waals surface area contributed by atoms with Gasteiger partial charge < -0.3 is 5.11 Å². The number of Topliss-reactive ketones (excluding diaryl/α,β-unsaturated/α-hetero) is 1. The second kappa shape index (κ2) is 4.57. The Balaban J connectivity index is 2.46. The van der Waals surface area contributed by atoms with Crippen molar-refractivity contribution in [3.05, 3.63) is 16.4 Å². The number of ketones is 1. The minimum atomic E-state index is -0.843. The normalized spacial score (nSPS) is 46.0. The van der Waals surface area contributed by atoms with Crippen LogP contribution in [-0.2, 0) is 4.79 Å². The second-order valence-corrected chi connectivity index (χ2v) is 6.03. The largest absolute Gasteiger partial charge is 0.509 e. The molecule has 1 saturated carbocycles. The molecule has 0 aromatic heterocycles. The molecule has 6 unspecified atom stereocenters. The Hall–Kier alpha value is -0.0300. The Morgan fingerprint density at radius 3 is 1.88 bits per heavy atom. The van der Waals surface area contributed by atoms with Crippen molar-refractivity contribution in [1.82, 2.24) is 0 Å². The third-order valence-corrected chi connectivity index (χ3v) is 5.73. The number of nitrogens with zero attached hydrogens (tertiary/aromatic N) is 1. The second-order valence-electron chi connectivity index (χ2n) is 4.02. The van der Waals surface area contributed by atoms with E-state index in [1.165, 1.54) is 0 Å². The molecular formula is C9H7Cl4NO3. The van der Waals surface area contributed by atoms with Gasteiger partial charge in [0.05, 0.1) is 27.4 Å². The van der Waals surface area contributed by atoms with Crippen molar-refractivity contribution < 1.29 is 9.90 Å². The molecule has 17 heavy (non-hydrogen) atoms. The number of fused-ring (bicyclic) bond motifs is 1. The summed E-state index contributed by atoms with van der Waals surface area (Å²) < 4.78 is 0. The summed E-state index contributed by atoms with van der Waals surface area (Å²) in [6, 6.07) is 0. The van der Waals surface area contributed by atoms with E-state index < -0.39 is 50.6 Å². The van der Waals surface area contributed by atoms with Gasteiger partial charge in [-0.3, -0.25) is 4.79 Å². The highest BCUT2D eigenvalue weighted by atomic mass is 35.5. The van der Waals surface area contributed by atoms with Crippen molar-refractivity contribution in [2.24, 2.45) is 17.0 Å². The number of carbonyl (C=O) groups is 1. The highest BCUT2D eigenvalue weighted by Crippen LogP contribution is 2.49. The van der Waals surface area contributed by atoms with E-state index in [1.807, 2.05) is 0 Å². The van der Waals surface area contributed by atoms with E-state index in [0.29, 0.717) is 0 Å². The molecule has 6 atom stereocenters. The first-order valence-corrected chi connectivity index (χ1v) is 6.53. The van der Waals surface area contributed by atoms with Crippen LogP contribution in [0.15, 0.2) is 16.6 Å². The van der Waals surface area contributed by atoms with Crippen LogP contribution in [0, 0.1) is 16.7 Å². The third kappa shape index (κ3) is 1.77. The lowest BCUT2D eigenvalue weighted by Crippen LogP contribution is -2.51.